The standard InChI is InChI=1S/C11H21N3O3S2/c1-2-19(16,17)13-9-3-5-14(6-4-9)11(15)10-7-18-8-12-10/h9-10,12-13H,2-8H2,1H3. The first kappa shape index (κ1) is 15.1. The summed E-state index contributed by atoms with van der Waals surface area (Å²) in [5, 5.41) is 3.17. The number of sulfonamides is 1. The maximum Gasteiger partial charge on any atom is 0.240 e. The zero-order chi connectivity index (χ0) is 13.9. The van der Waals surface area contributed by atoms with E-state index in [4.69, 9.17) is 0 Å². The van der Waals surface area contributed by atoms with Crippen LogP contribution in [0.25, 0.3) is 0 Å². The summed E-state index contributed by atoms with van der Waals surface area (Å²) in [6, 6.07) is -0.0891. The molecular weight excluding hydrogens is 286 g/mol. The van der Waals surface area contributed by atoms with Gasteiger partial charge in [-0.3, -0.25) is 10.1 Å². The molecule has 6 nitrogen and oxygen atoms in total. The summed E-state index contributed by atoms with van der Waals surface area (Å²) in [5.74, 6) is 1.93. The van der Waals surface area contributed by atoms with Crippen molar-refractivity contribution in [2.45, 2.75) is 31.8 Å². The van der Waals surface area contributed by atoms with Crippen molar-refractivity contribution < 1.29 is 13.2 Å². The Kier molecular flexibility index (Phi) is 5.10. The molecule has 2 aliphatic rings. The van der Waals surface area contributed by atoms with Gasteiger partial charge >= 0.3 is 0 Å². The number of likely N-dealkylation sites (tertiary alicyclic amines) is 1. The highest BCUT2D eigenvalue weighted by Gasteiger charge is 2.30. The molecule has 1 unspecified atom stereocenters. The highest BCUT2D eigenvalue weighted by Crippen LogP contribution is 2.16. The van der Waals surface area contributed by atoms with Crippen LogP contribution in [0.3, 0.4) is 0 Å². The topological polar surface area (TPSA) is 78.5 Å². The number of carbonyl (C=O) groups excluding carboxylic acids is 1. The predicted molar refractivity (Wildman–Crippen MR) is 76.4 cm³/mol. The van der Waals surface area contributed by atoms with Gasteiger partial charge in [-0.05, 0) is 19.8 Å². The molecule has 0 radical (unpaired) electrons. The van der Waals surface area contributed by atoms with E-state index < -0.39 is 10.0 Å². The van der Waals surface area contributed by atoms with Crippen molar-refractivity contribution in [1.29, 1.82) is 0 Å². The highest BCUT2D eigenvalue weighted by atomic mass is 32.2. The first-order valence-electron chi connectivity index (χ1n) is 6.62. The van der Waals surface area contributed by atoms with E-state index in [1.807, 2.05) is 4.90 Å². The van der Waals surface area contributed by atoms with Crippen LogP contribution in [0.2, 0.25) is 0 Å². The largest absolute Gasteiger partial charge is 0.341 e. The summed E-state index contributed by atoms with van der Waals surface area (Å²) >= 11 is 1.74. The minimum atomic E-state index is -3.14. The fourth-order valence-electron chi connectivity index (χ4n) is 2.33. The summed E-state index contributed by atoms with van der Waals surface area (Å²) in [6.45, 7) is 2.90. The third-order valence-corrected chi connectivity index (χ3v) is 5.94. The molecule has 8 heteroatoms. The predicted octanol–water partition coefficient (Wildman–Crippen LogP) is -0.421. The number of hydrogen-bond donors (Lipinski definition) is 2. The molecule has 19 heavy (non-hydrogen) atoms. The molecule has 0 aromatic heterocycles. The molecule has 0 spiro atoms. The van der Waals surface area contributed by atoms with Gasteiger partial charge in [0.2, 0.25) is 15.9 Å². The third-order valence-electron chi connectivity index (χ3n) is 3.55. The summed E-state index contributed by atoms with van der Waals surface area (Å²) in [6.07, 6.45) is 1.40. The molecule has 2 rings (SSSR count). The highest BCUT2D eigenvalue weighted by molar-refractivity contribution is 7.99. The molecule has 0 aliphatic carbocycles. The van der Waals surface area contributed by atoms with Gasteiger partial charge in [0.05, 0.1) is 11.8 Å². The molecule has 0 saturated carbocycles. The van der Waals surface area contributed by atoms with E-state index >= 15 is 0 Å². The molecule has 2 N–H and O–H groups in total. The van der Waals surface area contributed by atoms with Crippen molar-refractivity contribution in [2.75, 3.05) is 30.5 Å². The monoisotopic (exact) mass is 307 g/mol. The van der Waals surface area contributed by atoms with E-state index in [1.54, 1.807) is 18.7 Å². The lowest BCUT2D eigenvalue weighted by Crippen LogP contribution is -2.51. The van der Waals surface area contributed by atoms with Crippen LogP contribution in [0, 0.1) is 0 Å². The van der Waals surface area contributed by atoms with Crippen LogP contribution in [-0.4, -0.2) is 61.8 Å². The van der Waals surface area contributed by atoms with E-state index in [0.717, 1.165) is 11.6 Å². The normalized spacial score (nSPS) is 25.7. The van der Waals surface area contributed by atoms with Crippen LogP contribution in [0.15, 0.2) is 0 Å². The summed E-state index contributed by atoms with van der Waals surface area (Å²) in [7, 11) is -3.14. The van der Waals surface area contributed by atoms with Crippen molar-refractivity contribution in [2.24, 2.45) is 0 Å². The summed E-state index contributed by atoms with van der Waals surface area (Å²) in [5.41, 5.74) is 0. The smallest absolute Gasteiger partial charge is 0.240 e. The van der Waals surface area contributed by atoms with Gasteiger partial charge in [0.1, 0.15) is 0 Å². The third kappa shape index (κ3) is 4.08. The molecule has 2 aliphatic heterocycles. The van der Waals surface area contributed by atoms with Crippen LogP contribution in [-0.2, 0) is 14.8 Å². The second kappa shape index (κ2) is 6.43. The molecule has 1 amide bonds. The average molecular weight is 307 g/mol. The van der Waals surface area contributed by atoms with Crippen LogP contribution in [0.5, 0.6) is 0 Å². The quantitative estimate of drug-likeness (QED) is 0.737. The van der Waals surface area contributed by atoms with Crippen molar-refractivity contribution in [3.63, 3.8) is 0 Å². The second-order valence-corrected chi connectivity index (χ2v) is 7.97. The van der Waals surface area contributed by atoms with Crippen LogP contribution in [0.4, 0.5) is 0 Å². The van der Waals surface area contributed by atoms with Crippen LogP contribution in [0.1, 0.15) is 19.8 Å². The molecule has 0 bridgehead atoms. The fraction of sp³-hybridized carbons (Fsp3) is 0.909. The Hall–Kier alpha value is -0.310. The lowest BCUT2D eigenvalue weighted by atomic mass is 10.1. The van der Waals surface area contributed by atoms with Gasteiger partial charge in [0.15, 0.2) is 0 Å². The number of amides is 1. The molecule has 0 aromatic carbocycles. The SMILES string of the molecule is CCS(=O)(=O)NC1CCN(C(=O)C2CSCN2)CC1. The molecule has 0 aromatic rings. The average Bonchev–Trinajstić information content (AvgIpc) is 2.92. The lowest BCUT2D eigenvalue weighted by molar-refractivity contribution is -0.133. The van der Waals surface area contributed by atoms with Crippen molar-refractivity contribution in [3.8, 4) is 0 Å². The van der Waals surface area contributed by atoms with E-state index in [0.29, 0.717) is 25.9 Å². The molecule has 2 fully saturated rings. The Bertz CT molecular complexity index is 413. The van der Waals surface area contributed by atoms with Gasteiger partial charge in [-0.1, -0.05) is 0 Å². The van der Waals surface area contributed by atoms with Gasteiger partial charge in [0, 0.05) is 30.8 Å². The molecule has 2 saturated heterocycles. The Morgan fingerprint density at radius 2 is 2.11 bits per heavy atom. The Morgan fingerprint density at radius 3 is 2.63 bits per heavy atom. The van der Waals surface area contributed by atoms with Crippen molar-refractivity contribution in [3.05, 3.63) is 0 Å². The summed E-state index contributed by atoms with van der Waals surface area (Å²) < 4.78 is 25.7. The number of nitrogens with one attached hydrogen (secondary N) is 2. The fourth-order valence-corrected chi connectivity index (χ4v) is 4.17. The Morgan fingerprint density at radius 1 is 1.42 bits per heavy atom. The zero-order valence-electron chi connectivity index (χ0n) is 11.1. The maximum absolute atomic E-state index is 12.2. The molecule has 2 heterocycles. The van der Waals surface area contributed by atoms with Gasteiger partial charge in [-0.25, -0.2) is 13.1 Å². The van der Waals surface area contributed by atoms with Crippen molar-refractivity contribution in [1.82, 2.24) is 14.9 Å². The Balaban J connectivity index is 1.80. The number of piperidine rings is 1. The minimum Gasteiger partial charge on any atom is -0.341 e. The number of rotatable bonds is 4. The maximum atomic E-state index is 12.2. The van der Waals surface area contributed by atoms with Gasteiger partial charge < -0.3 is 4.90 Å². The first-order valence-corrected chi connectivity index (χ1v) is 9.42. The Labute approximate surface area is 118 Å². The zero-order valence-corrected chi connectivity index (χ0v) is 12.7. The second-order valence-electron chi connectivity index (χ2n) is 4.89. The van der Waals surface area contributed by atoms with Crippen LogP contribution >= 0.6 is 11.8 Å². The number of thioether (sulfide) groups is 1. The number of nitrogens with zero attached hydrogens (tertiary/aromatic N) is 1. The van der Waals surface area contributed by atoms with E-state index in [1.165, 1.54) is 0 Å². The molecule has 110 valence electrons. The lowest BCUT2D eigenvalue weighted by Gasteiger charge is -2.33. The van der Waals surface area contributed by atoms with Gasteiger partial charge in [0.25, 0.3) is 0 Å². The number of hydrogen-bond acceptors (Lipinski definition) is 5. The van der Waals surface area contributed by atoms with E-state index in [9.17, 15) is 13.2 Å². The van der Waals surface area contributed by atoms with E-state index in [2.05, 4.69) is 10.0 Å². The van der Waals surface area contributed by atoms with Gasteiger partial charge in [-0.15, -0.1) is 11.8 Å². The number of carbonyl (C=O) groups is 1. The first-order chi connectivity index (χ1) is 9.02. The van der Waals surface area contributed by atoms with Gasteiger partial charge in [-0.2, -0.15) is 0 Å². The minimum absolute atomic E-state index is 0.0279. The molecule has 1 atom stereocenters. The van der Waals surface area contributed by atoms with E-state index in [-0.39, 0.29) is 23.7 Å². The molecular formula is C11H21N3O3S2. The summed E-state index contributed by atoms with van der Waals surface area (Å²) in [4.78, 5) is 14.0. The van der Waals surface area contributed by atoms with Crippen LogP contribution < -0.4 is 10.0 Å². The van der Waals surface area contributed by atoms with Crippen molar-refractivity contribution >= 4 is 27.7 Å².